The average Bonchev–Trinajstić information content (AvgIpc) is 2.70. The number of rotatable bonds is 2. The SMILES string of the molecule is Cc1ccc2nc(Cl)c(OC3C[C@@H](C)N(C)C3)nc2c1. The van der Waals surface area contributed by atoms with E-state index in [1.54, 1.807) is 0 Å². The van der Waals surface area contributed by atoms with Gasteiger partial charge in [0.1, 0.15) is 6.10 Å². The van der Waals surface area contributed by atoms with E-state index in [1.807, 2.05) is 25.1 Å². The van der Waals surface area contributed by atoms with Gasteiger partial charge in [0.05, 0.1) is 11.0 Å². The smallest absolute Gasteiger partial charge is 0.253 e. The van der Waals surface area contributed by atoms with Crippen LogP contribution >= 0.6 is 11.6 Å². The number of fused-ring (bicyclic) bond motifs is 1. The van der Waals surface area contributed by atoms with Crippen molar-refractivity contribution >= 4 is 22.6 Å². The highest BCUT2D eigenvalue weighted by Crippen LogP contribution is 2.27. The zero-order chi connectivity index (χ0) is 14.3. The molecule has 1 fully saturated rings. The quantitative estimate of drug-likeness (QED) is 0.852. The lowest BCUT2D eigenvalue weighted by Crippen LogP contribution is -2.24. The van der Waals surface area contributed by atoms with Gasteiger partial charge in [0.15, 0.2) is 5.15 Å². The lowest BCUT2D eigenvalue weighted by Gasteiger charge is -2.14. The van der Waals surface area contributed by atoms with Gasteiger partial charge in [0.2, 0.25) is 0 Å². The standard InChI is InChI=1S/C15H18ClN3O/c1-9-4-5-12-13(6-9)18-15(14(16)17-12)20-11-7-10(2)19(3)8-11/h4-6,10-11H,7-8H2,1-3H3/t10-,11?/m1/s1. The predicted octanol–water partition coefficient (Wildman–Crippen LogP) is 3.06. The summed E-state index contributed by atoms with van der Waals surface area (Å²) >= 11 is 6.18. The number of ether oxygens (including phenoxy) is 1. The van der Waals surface area contributed by atoms with Crippen LogP contribution in [-0.4, -0.2) is 40.6 Å². The van der Waals surface area contributed by atoms with Gasteiger partial charge in [-0.2, -0.15) is 0 Å². The van der Waals surface area contributed by atoms with E-state index < -0.39 is 0 Å². The summed E-state index contributed by atoms with van der Waals surface area (Å²) in [6, 6.07) is 6.45. The second kappa shape index (κ2) is 5.19. The number of aromatic nitrogens is 2. The monoisotopic (exact) mass is 291 g/mol. The number of hydrogen-bond acceptors (Lipinski definition) is 4. The van der Waals surface area contributed by atoms with Gasteiger partial charge >= 0.3 is 0 Å². The summed E-state index contributed by atoms with van der Waals surface area (Å²) in [5, 5.41) is 0.337. The molecule has 0 aliphatic carbocycles. The molecule has 0 amide bonds. The summed E-state index contributed by atoms with van der Waals surface area (Å²) in [5.41, 5.74) is 2.77. The Morgan fingerprint density at radius 2 is 2.10 bits per heavy atom. The minimum Gasteiger partial charge on any atom is -0.471 e. The molecule has 4 nitrogen and oxygen atoms in total. The molecule has 0 bridgehead atoms. The molecule has 1 aliphatic heterocycles. The first-order valence-corrected chi connectivity index (χ1v) is 7.21. The molecule has 3 rings (SSSR count). The Hall–Kier alpha value is -1.39. The van der Waals surface area contributed by atoms with E-state index in [0.29, 0.717) is 17.1 Å². The van der Waals surface area contributed by atoms with Gasteiger partial charge < -0.3 is 4.74 Å². The molecule has 1 saturated heterocycles. The number of hydrogen-bond donors (Lipinski definition) is 0. The third-order valence-electron chi connectivity index (χ3n) is 3.87. The minimum absolute atomic E-state index is 0.129. The summed E-state index contributed by atoms with van der Waals surface area (Å²) in [4.78, 5) is 11.2. The Bertz CT molecular complexity index is 636. The summed E-state index contributed by atoms with van der Waals surface area (Å²) in [6.07, 6.45) is 1.12. The van der Waals surface area contributed by atoms with Crippen molar-refractivity contribution in [2.24, 2.45) is 0 Å². The number of likely N-dealkylation sites (tertiary alicyclic amines) is 1. The Kier molecular flexibility index (Phi) is 3.52. The molecule has 2 atom stereocenters. The van der Waals surface area contributed by atoms with Crippen LogP contribution < -0.4 is 4.74 Å². The predicted molar refractivity (Wildman–Crippen MR) is 80.4 cm³/mol. The zero-order valence-corrected chi connectivity index (χ0v) is 12.7. The third kappa shape index (κ3) is 2.58. The maximum Gasteiger partial charge on any atom is 0.253 e. The molecule has 20 heavy (non-hydrogen) atoms. The molecule has 1 unspecified atom stereocenters. The van der Waals surface area contributed by atoms with Crippen molar-refractivity contribution in [3.05, 3.63) is 28.9 Å². The molecule has 1 aliphatic rings. The lowest BCUT2D eigenvalue weighted by atomic mass is 10.2. The first-order valence-electron chi connectivity index (χ1n) is 6.84. The highest BCUT2D eigenvalue weighted by atomic mass is 35.5. The van der Waals surface area contributed by atoms with Gasteiger partial charge in [-0.05, 0) is 38.6 Å². The van der Waals surface area contributed by atoms with Crippen molar-refractivity contribution in [2.45, 2.75) is 32.4 Å². The normalized spacial score (nSPS) is 23.4. The summed E-state index contributed by atoms with van der Waals surface area (Å²) in [6.45, 7) is 5.12. The molecular weight excluding hydrogens is 274 g/mol. The first kappa shape index (κ1) is 13.6. The van der Waals surface area contributed by atoms with Crippen LogP contribution in [0.25, 0.3) is 11.0 Å². The second-order valence-electron chi connectivity index (χ2n) is 5.58. The van der Waals surface area contributed by atoms with E-state index >= 15 is 0 Å². The number of aryl methyl sites for hydroxylation is 1. The van der Waals surface area contributed by atoms with Gasteiger partial charge in [0.25, 0.3) is 5.88 Å². The number of likely N-dealkylation sites (N-methyl/N-ethyl adjacent to an activating group) is 1. The molecule has 2 heterocycles. The van der Waals surface area contributed by atoms with Crippen LogP contribution in [0.1, 0.15) is 18.9 Å². The largest absolute Gasteiger partial charge is 0.471 e. The van der Waals surface area contributed by atoms with E-state index in [2.05, 4.69) is 28.8 Å². The second-order valence-corrected chi connectivity index (χ2v) is 5.93. The third-order valence-corrected chi connectivity index (χ3v) is 4.12. The Labute approximate surface area is 123 Å². The van der Waals surface area contributed by atoms with Crippen LogP contribution in [0.5, 0.6) is 5.88 Å². The van der Waals surface area contributed by atoms with Crippen molar-refractivity contribution in [3.8, 4) is 5.88 Å². The fraction of sp³-hybridized carbons (Fsp3) is 0.467. The van der Waals surface area contributed by atoms with E-state index in [4.69, 9.17) is 16.3 Å². The Morgan fingerprint density at radius 3 is 2.80 bits per heavy atom. The average molecular weight is 292 g/mol. The van der Waals surface area contributed by atoms with Gasteiger partial charge in [-0.25, -0.2) is 9.97 Å². The number of nitrogens with zero attached hydrogens (tertiary/aromatic N) is 3. The first-order chi connectivity index (χ1) is 9.52. The highest BCUT2D eigenvalue weighted by Gasteiger charge is 2.28. The van der Waals surface area contributed by atoms with Crippen molar-refractivity contribution in [3.63, 3.8) is 0 Å². The maximum atomic E-state index is 6.18. The topological polar surface area (TPSA) is 38.2 Å². The van der Waals surface area contributed by atoms with Crippen LogP contribution in [0.3, 0.4) is 0 Å². The van der Waals surface area contributed by atoms with E-state index in [9.17, 15) is 0 Å². The minimum atomic E-state index is 0.129. The van der Waals surface area contributed by atoms with Gasteiger partial charge in [0, 0.05) is 19.0 Å². The van der Waals surface area contributed by atoms with Crippen molar-refractivity contribution in [1.29, 1.82) is 0 Å². The molecular formula is C15H18ClN3O. The lowest BCUT2D eigenvalue weighted by molar-refractivity contribution is 0.200. The van der Waals surface area contributed by atoms with E-state index in [0.717, 1.165) is 29.6 Å². The van der Waals surface area contributed by atoms with Gasteiger partial charge in [-0.3, -0.25) is 4.90 Å². The van der Waals surface area contributed by atoms with Crippen molar-refractivity contribution < 1.29 is 4.74 Å². The highest BCUT2D eigenvalue weighted by molar-refractivity contribution is 6.31. The summed E-state index contributed by atoms with van der Waals surface area (Å²) < 4.78 is 5.95. The van der Waals surface area contributed by atoms with E-state index in [1.165, 1.54) is 0 Å². The molecule has 1 aromatic heterocycles. The van der Waals surface area contributed by atoms with Gasteiger partial charge in [-0.1, -0.05) is 17.7 Å². The number of halogens is 1. The Morgan fingerprint density at radius 1 is 1.30 bits per heavy atom. The fourth-order valence-electron chi connectivity index (χ4n) is 2.58. The van der Waals surface area contributed by atoms with Gasteiger partial charge in [-0.15, -0.1) is 0 Å². The molecule has 2 aromatic rings. The van der Waals surface area contributed by atoms with Crippen molar-refractivity contribution in [1.82, 2.24) is 14.9 Å². The van der Waals surface area contributed by atoms with Crippen molar-refractivity contribution in [2.75, 3.05) is 13.6 Å². The molecule has 0 radical (unpaired) electrons. The summed E-state index contributed by atoms with van der Waals surface area (Å²) in [7, 11) is 2.10. The van der Waals surface area contributed by atoms with E-state index in [-0.39, 0.29) is 6.10 Å². The summed E-state index contributed by atoms with van der Waals surface area (Å²) in [5.74, 6) is 0.442. The molecule has 106 valence electrons. The van der Waals surface area contributed by atoms with Crippen LogP contribution in [-0.2, 0) is 0 Å². The molecule has 0 spiro atoms. The molecule has 0 saturated carbocycles. The molecule has 0 N–H and O–H groups in total. The number of benzene rings is 1. The van der Waals surface area contributed by atoms with Crippen LogP contribution in [0, 0.1) is 6.92 Å². The maximum absolute atomic E-state index is 6.18. The van der Waals surface area contributed by atoms with Crippen LogP contribution in [0.4, 0.5) is 0 Å². The molecule has 5 heteroatoms. The molecule has 1 aromatic carbocycles. The fourth-order valence-corrected chi connectivity index (χ4v) is 2.76. The zero-order valence-electron chi connectivity index (χ0n) is 11.9. The Balaban J connectivity index is 1.89. The van der Waals surface area contributed by atoms with Crippen LogP contribution in [0.15, 0.2) is 18.2 Å². The van der Waals surface area contributed by atoms with Crippen LogP contribution in [0.2, 0.25) is 5.15 Å².